The number of likely N-dealkylation sites (tertiary alicyclic amines) is 1. The summed E-state index contributed by atoms with van der Waals surface area (Å²) in [5.41, 5.74) is 1.05. The smallest absolute Gasteiger partial charge is 0.317 e. The van der Waals surface area contributed by atoms with Crippen LogP contribution >= 0.6 is 0 Å². The lowest BCUT2D eigenvalue weighted by atomic mass is 9.93. The molecule has 1 atom stereocenters. The Kier molecular flexibility index (Phi) is 6.20. The molecule has 1 saturated carbocycles. The van der Waals surface area contributed by atoms with Crippen LogP contribution in [0.25, 0.3) is 0 Å². The first-order chi connectivity index (χ1) is 12.4. The van der Waals surface area contributed by atoms with E-state index in [0.29, 0.717) is 12.0 Å². The molecule has 2 amide bonds. The zero-order valence-electron chi connectivity index (χ0n) is 16.7. The number of carbonyl (C=O) groups is 1. The lowest BCUT2D eigenvalue weighted by Gasteiger charge is -2.33. The molecule has 1 unspecified atom stereocenters. The van der Waals surface area contributed by atoms with Crippen LogP contribution in [0.2, 0.25) is 0 Å². The first-order valence-corrected chi connectivity index (χ1v) is 10.4. The molecule has 1 aromatic rings. The molecule has 0 bridgehead atoms. The SMILES string of the molecule is CC(C)(C)c1cn(CC2CCCN(C(=O)NC3CCCCCC3)C2)nn1. The van der Waals surface area contributed by atoms with Gasteiger partial charge in [0.15, 0.2) is 0 Å². The van der Waals surface area contributed by atoms with Gasteiger partial charge in [0, 0.05) is 37.3 Å². The van der Waals surface area contributed by atoms with E-state index in [9.17, 15) is 4.79 Å². The molecule has 1 saturated heterocycles. The molecule has 26 heavy (non-hydrogen) atoms. The van der Waals surface area contributed by atoms with E-state index < -0.39 is 0 Å². The summed E-state index contributed by atoms with van der Waals surface area (Å²) in [7, 11) is 0. The molecular formula is C20H35N5O. The van der Waals surface area contributed by atoms with E-state index >= 15 is 0 Å². The summed E-state index contributed by atoms with van der Waals surface area (Å²) < 4.78 is 1.96. The van der Waals surface area contributed by atoms with E-state index in [1.165, 1.54) is 25.7 Å². The number of nitrogens with zero attached hydrogens (tertiary/aromatic N) is 4. The van der Waals surface area contributed by atoms with Crippen molar-refractivity contribution in [2.24, 2.45) is 5.92 Å². The molecular weight excluding hydrogens is 326 g/mol. The van der Waals surface area contributed by atoms with Crippen LogP contribution in [0.5, 0.6) is 0 Å². The Morgan fingerprint density at radius 1 is 1.15 bits per heavy atom. The van der Waals surface area contributed by atoms with E-state index in [1.807, 2.05) is 9.58 Å². The van der Waals surface area contributed by atoms with Crippen LogP contribution in [0.15, 0.2) is 6.20 Å². The molecule has 0 spiro atoms. The topological polar surface area (TPSA) is 63.1 Å². The maximum Gasteiger partial charge on any atom is 0.317 e. The number of rotatable bonds is 3. The molecule has 3 rings (SSSR count). The Balaban J connectivity index is 1.51. The monoisotopic (exact) mass is 361 g/mol. The van der Waals surface area contributed by atoms with E-state index in [1.54, 1.807) is 0 Å². The highest BCUT2D eigenvalue weighted by Crippen LogP contribution is 2.22. The average molecular weight is 362 g/mol. The maximum absolute atomic E-state index is 12.7. The third-order valence-corrected chi connectivity index (χ3v) is 5.74. The first kappa shape index (κ1) is 19.2. The van der Waals surface area contributed by atoms with Gasteiger partial charge in [-0.1, -0.05) is 51.7 Å². The zero-order valence-corrected chi connectivity index (χ0v) is 16.7. The Bertz CT molecular complexity index is 583. The van der Waals surface area contributed by atoms with Crippen molar-refractivity contribution in [1.82, 2.24) is 25.2 Å². The van der Waals surface area contributed by atoms with E-state index in [4.69, 9.17) is 0 Å². The Morgan fingerprint density at radius 2 is 1.88 bits per heavy atom. The molecule has 1 aliphatic heterocycles. The van der Waals surface area contributed by atoms with Crippen molar-refractivity contribution in [2.75, 3.05) is 13.1 Å². The van der Waals surface area contributed by atoms with Crippen molar-refractivity contribution < 1.29 is 4.79 Å². The number of aromatic nitrogens is 3. The van der Waals surface area contributed by atoms with Gasteiger partial charge in [0.1, 0.15) is 0 Å². The fourth-order valence-corrected chi connectivity index (χ4v) is 4.08. The van der Waals surface area contributed by atoms with Gasteiger partial charge in [-0.3, -0.25) is 4.68 Å². The van der Waals surface area contributed by atoms with Gasteiger partial charge in [-0.05, 0) is 31.6 Å². The molecule has 146 valence electrons. The van der Waals surface area contributed by atoms with Crippen LogP contribution in [-0.4, -0.2) is 45.1 Å². The second-order valence-electron chi connectivity index (χ2n) is 9.17. The van der Waals surface area contributed by atoms with Crippen LogP contribution in [-0.2, 0) is 12.0 Å². The molecule has 1 N–H and O–H groups in total. The molecule has 1 aromatic heterocycles. The third-order valence-electron chi connectivity index (χ3n) is 5.74. The highest BCUT2D eigenvalue weighted by atomic mass is 16.2. The summed E-state index contributed by atoms with van der Waals surface area (Å²) in [6.07, 6.45) is 11.7. The van der Waals surface area contributed by atoms with Crippen LogP contribution in [0.4, 0.5) is 4.79 Å². The normalized spacial score (nSPS) is 22.9. The Morgan fingerprint density at radius 3 is 2.54 bits per heavy atom. The molecule has 2 aliphatic rings. The largest absolute Gasteiger partial charge is 0.335 e. The molecule has 2 fully saturated rings. The van der Waals surface area contributed by atoms with Crippen molar-refractivity contribution in [3.8, 4) is 0 Å². The standard InChI is InChI=1S/C20H35N5O/c1-20(2,3)18-15-25(23-22-18)14-16-9-8-12-24(13-16)19(26)21-17-10-6-4-5-7-11-17/h15-17H,4-14H2,1-3H3,(H,21,26). The van der Waals surface area contributed by atoms with Crippen LogP contribution in [0.3, 0.4) is 0 Å². The second kappa shape index (κ2) is 8.40. The molecule has 6 heteroatoms. The zero-order chi connectivity index (χ0) is 18.6. The lowest BCUT2D eigenvalue weighted by molar-refractivity contribution is 0.153. The lowest BCUT2D eigenvalue weighted by Crippen LogP contribution is -2.49. The first-order valence-electron chi connectivity index (χ1n) is 10.4. The number of amides is 2. The van der Waals surface area contributed by atoms with E-state index in [-0.39, 0.29) is 11.4 Å². The third kappa shape index (κ3) is 5.21. The van der Waals surface area contributed by atoms with Gasteiger partial charge in [0.05, 0.1) is 5.69 Å². The second-order valence-corrected chi connectivity index (χ2v) is 9.17. The minimum atomic E-state index is 0.0233. The van der Waals surface area contributed by atoms with Gasteiger partial charge < -0.3 is 10.2 Å². The summed E-state index contributed by atoms with van der Waals surface area (Å²) in [5, 5.41) is 11.9. The van der Waals surface area contributed by atoms with Gasteiger partial charge in [-0.25, -0.2) is 4.79 Å². The molecule has 2 heterocycles. The highest BCUT2D eigenvalue weighted by Gasteiger charge is 2.26. The number of nitrogens with one attached hydrogen (secondary N) is 1. The number of hydrogen-bond donors (Lipinski definition) is 1. The van der Waals surface area contributed by atoms with Gasteiger partial charge in [0.25, 0.3) is 0 Å². The minimum absolute atomic E-state index is 0.0233. The Hall–Kier alpha value is -1.59. The van der Waals surface area contributed by atoms with Crippen LogP contribution in [0, 0.1) is 5.92 Å². The van der Waals surface area contributed by atoms with E-state index in [2.05, 4.69) is 42.6 Å². The fourth-order valence-electron chi connectivity index (χ4n) is 4.08. The van der Waals surface area contributed by atoms with Crippen molar-refractivity contribution in [3.63, 3.8) is 0 Å². The van der Waals surface area contributed by atoms with Crippen molar-refractivity contribution in [3.05, 3.63) is 11.9 Å². The number of carbonyl (C=O) groups excluding carboxylic acids is 1. The minimum Gasteiger partial charge on any atom is -0.335 e. The summed E-state index contributed by atoms with van der Waals surface area (Å²) in [6, 6.07) is 0.505. The van der Waals surface area contributed by atoms with Crippen molar-refractivity contribution >= 4 is 6.03 Å². The van der Waals surface area contributed by atoms with Crippen molar-refractivity contribution in [1.29, 1.82) is 0 Å². The van der Waals surface area contributed by atoms with Crippen LogP contribution < -0.4 is 5.32 Å². The number of hydrogen-bond acceptors (Lipinski definition) is 3. The van der Waals surface area contributed by atoms with Crippen molar-refractivity contribution in [2.45, 2.75) is 90.1 Å². The Labute approximate surface area is 157 Å². The summed E-state index contributed by atoms with van der Waals surface area (Å²) >= 11 is 0. The quantitative estimate of drug-likeness (QED) is 0.835. The number of urea groups is 1. The fraction of sp³-hybridized carbons (Fsp3) is 0.850. The summed E-state index contributed by atoms with van der Waals surface area (Å²) in [4.78, 5) is 14.7. The number of piperidine rings is 1. The molecule has 0 aromatic carbocycles. The van der Waals surface area contributed by atoms with E-state index in [0.717, 1.165) is 51.0 Å². The predicted octanol–water partition coefficient (Wildman–Crippen LogP) is 3.72. The highest BCUT2D eigenvalue weighted by molar-refractivity contribution is 5.74. The van der Waals surface area contributed by atoms with Crippen LogP contribution in [0.1, 0.15) is 77.8 Å². The summed E-state index contributed by atoms with van der Waals surface area (Å²) in [5.74, 6) is 0.457. The predicted molar refractivity (Wildman–Crippen MR) is 103 cm³/mol. The van der Waals surface area contributed by atoms with Gasteiger partial charge >= 0.3 is 6.03 Å². The summed E-state index contributed by atoms with van der Waals surface area (Å²) in [6.45, 7) is 9.00. The van der Waals surface area contributed by atoms with Gasteiger partial charge in [-0.15, -0.1) is 5.10 Å². The average Bonchev–Trinajstić information content (AvgIpc) is 2.92. The molecule has 6 nitrogen and oxygen atoms in total. The van der Waals surface area contributed by atoms with Gasteiger partial charge in [-0.2, -0.15) is 0 Å². The maximum atomic E-state index is 12.7. The molecule has 0 radical (unpaired) electrons. The van der Waals surface area contributed by atoms with Gasteiger partial charge in [0.2, 0.25) is 0 Å². The molecule has 1 aliphatic carbocycles.